The Morgan fingerprint density at radius 3 is 2.42 bits per heavy atom. The van der Waals surface area contributed by atoms with Crippen LogP contribution in [0.3, 0.4) is 0 Å². The first-order valence-electron chi connectivity index (χ1n) is 12.3. The van der Waals surface area contributed by atoms with Crippen LogP contribution >= 0.6 is 11.3 Å². The molecule has 0 spiro atoms. The first kappa shape index (κ1) is 25.8. The Morgan fingerprint density at radius 1 is 1.14 bits per heavy atom. The van der Waals surface area contributed by atoms with Gasteiger partial charge in [0.1, 0.15) is 11.5 Å². The van der Waals surface area contributed by atoms with E-state index in [-0.39, 0.29) is 23.5 Å². The van der Waals surface area contributed by atoms with Gasteiger partial charge in [-0.3, -0.25) is 9.59 Å². The van der Waals surface area contributed by atoms with Crippen molar-refractivity contribution in [2.45, 2.75) is 45.7 Å². The lowest BCUT2D eigenvalue weighted by atomic mass is 9.97. The van der Waals surface area contributed by atoms with Gasteiger partial charge in [-0.2, -0.15) is 0 Å². The van der Waals surface area contributed by atoms with Gasteiger partial charge >= 0.3 is 6.09 Å². The van der Waals surface area contributed by atoms with Crippen LogP contribution in [-0.4, -0.2) is 65.0 Å². The van der Waals surface area contributed by atoms with Crippen molar-refractivity contribution in [1.82, 2.24) is 9.80 Å². The molecule has 36 heavy (non-hydrogen) atoms. The molecule has 4 rings (SSSR count). The van der Waals surface area contributed by atoms with E-state index in [0.29, 0.717) is 56.4 Å². The number of thiophene rings is 1. The highest BCUT2D eigenvalue weighted by Gasteiger charge is 2.49. The number of benzene rings is 1. The molecule has 1 atom stereocenters. The van der Waals surface area contributed by atoms with E-state index < -0.39 is 17.7 Å². The minimum absolute atomic E-state index is 0.0890. The molecule has 2 aromatic rings. The van der Waals surface area contributed by atoms with Gasteiger partial charge in [-0.25, -0.2) is 4.79 Å². The topological polar surface area (TPSA) is 96.4 Å². The van der Waals surface area contributed by atoms with Gasteiger partial charge in [-0.05, 0) is 61.4 Å². The zero-order valence-corrected chi connectivity index (χ0v) is 21.6. The molecule has 192 valence electrons. The molecule has 3 heterocycles. The number of likely N-dealkylation sites (tertiary alicyclic amines) is 2. The second kappa shape index (κ2) is 11.2. The first-order valence-corrected chi connectivity index (χ1v) is 13.2. The Bertz CT molecular complexity index is 1120. The van der Waals surface area contributed by atoms with Gasteiger partial charge in [-0.1, -0.05) is 19.9 Å². The largest absolute Gasteiger partial charge is 0.507 e. The van der Waals surface area contributed by atoms with Crippen molar-refractivity contribution in [2.75, 3.05) is 26.3 Å². The number of amides is 2. The second-order valence-corrected chi connectivity index (χ2v) is 10.3. The maximum absolute atomic E-state index is 13.3. The number of hydrogen-bond donors (Lipinski definition) is 1. The Labute approximate surface area is 215 Å². The zero-order valence-electron chi connectivity index (χ0n) is 20.8. The summed E-state index contributed by atoms with van der Waals surface area (Å²) in [5.74, 6) is -0.471. The maximum atomic E-state index is 13.3. The van der Waals surface area contributed by atoms with E-state index in [1.54, 1.807) is 41.0 Å². The monoisotopic (exact) mass is 512 g/mol. The van der Waals surface area contributed by atoms with Crippen LogP contribution in [0.25, 0.3) is 5.76 Å². The molecule has 0 radical (unpaired) electrons. The number of aliphatic hydroxyl groups excluding tert-OH is 1. The molecule has 2 aliphatic rings. The van der Waals surface area contributed by atoms with Crippen molar-refractivity contribution in [2.24, 2.45) is 5.92 Å². The summed E-state index contributed by atoms with van der Waals surface area (Å²) in [5.41, 5.74) is 0.537. The molecule has 0 aliphatic carbocycles. The number of ketones is 1. The van der Waals surface area contributed by atoms with Crippen LogP contribution in [0.15, 0.2) is 47.4 Å². The van der Waals surface area contributed by atoms with E-state index in [9.17, 15) is 19.5 Å². The lowest BCUT2D eigenvalue weighted by Crippen LogP contribution is -2.48. The number of carbonyl (C=O) groups excluding carboxylic acids is 3. The molecule has 1 aromatic heterocycles. The number of hydrogen-bond acceptors (Lipinski definition) is 7. The predicted molar refractivity (Wildman–Crippen MR) is 137 cm³/mol. The summed E-state index contributed by atoms with van der Waals surface area (Å²) < 4.78 is 10.8. The molecule has 1 N–H and O–H groups in total. The van der Waals surface area contributed by atoms with Crippen molar-refractivity contribution in [3.8, 4) is 5.75 Å². The van der Waals surface area contributed by atoms with E-state index in [1.807, 2.05) is 17.5 Å². The number of carbonyl (C=O) groups is 3. The Hall–Kier alpha value is -3.33. The average molecular weight is 513 g/mol. The van der Waals surface area contributed by atoms with Crippen LogP contribution in [0.2, 0.25) is 0 Å². The minimum Gasteiger partial charge on any atom is -0.507 e. The summed E-state index contributed by atoms with van der Waals surface area (Å²) in [5, 5.41) is 13.1. The molecule has 9 heteroatoms. The zero-order chi connectivity index (χ0) is 25.8. The Morgan fingerprint density at radius 2 is 1.83 bits per heavy atom. The van der Waals surface area contributed by atoms with Gasteiger partial charge in [-0.15, -0.1) is 11.3 Å². The summed E-state index contributed by atoms with van der Waals surface area (Å²) in [6.45, 7) is 7.62. The van der Waals surface area contributed by atoms with Crippen molar-refractivity contribution in [1.29, 1.82) is 0 Å². The average Bonchev–Trinajstić information content (AvgIpc) is 3.50. The Balaban J connectivity index is 1.63. The fraction of sp³-hybridized carbons (Fsp3) is 0.444. The lowest BCUT2D eigenvalue weighted by Gasteiger charge is -2.38. The van der Waals surface area contributed by atoms with E-state index in [0.717, 1.165) is 4.88 Å². The van der Waals surface area contributed by atoms with Crippen LogP contribution in [0.1, 0.15) is 50.1 Å². The molecule has 2 fully saturated rings. The fourth-order valence-corrected chi connectivity index (χ4v) is 5.45. The first-order chi connectivity index (χ1) is 17.3. The van der Waals surface area contributed by atoms with Crippen LogP contribution in [0.5, 0.6) is 5.75 Å². The van der Waals surface area contributed by atoms with Crippen LogP contribution in [-0.2, 0) is 14.3 Å². The molecule has 8 nitrogen and oxygen atoms in total. The van der Waals surface area contributed by atoms with Crippen molar-refractivity contribution >= 4 is 34.9 Å². The van der Waals surface area contributed by atoms with Gasteiger partial charge in [0.05, 0.1) is 24.8 Å². The van der Waals surface area contributed by atoms with Gasteiger partial charge in [0, 0.05) is 29.6 Å². The van der Waals surface area contributed by atoms with Crippen LogP contribution < -0.4 is 4.74 Å². The van der Waals surface area contributed by atoms with Gasteiger partial charge in [0.15, 0.2) is 0 Å². The lowest BCUT2D eigenvalue weighted by molar-refractivity contribution is -0.142. The van der Waals surface area contributed by atoms with Crippen LogP contribution in [0, 0.1) is 5.92 Å². The molecular formula is C27H32N2O6S. The van der Waals surface area contributed by atoms with Gasteiger partial charge in [0.25, 0.3) is 11.7 Å². The third kappa shape index (κ3) is 5.26. The number of ether oxygens (including phenoxy) is 2. The van der Waals surface area contributed by atoms with E-state index in [4.69, 9.17) is 9.47 Å². The third-order valence-electron chi connectivity index (χ3n) is 6.39. The molecular weight excluding hydrogens is 480 g/mol. The highest BCUT2D eigenvalue weighted by atomic mass is 32.1. The molecule has 0 bridgehead atoms. The number of piperidine rings is 1. The second-order valence-electron chi connectivity index (χ2n) is 9.37. The molecule has 0 saturated carbocycles. The molecule has 2 saturated heterocycles. The van der Waals surface area contributed by atoms with Crippen molar-refractivity contribution in [3.63, 3.8) is 0 Å². The van der Waals surface area contributed by atoms with Gasteiger partial charge < -0.3 is 24.4 Å². The van der Waals surface area contributed by atoms with Crippen molar-refractivity contribution in [3.05, 3.63) is 57.8 Å². The number of aliphatic hydroxyl groups is 1. The maximum Gasteiger partial charge on any atom is 0.409 e. The Kier molecular flexibility index (Phi) is 7.98. The number of rotatable bonds is 7. The van der Waals surface area contributed by atoms with Gasteiger partial charge in [0.2, 0.25) is 0 Å². The van der Waals surface area contributed by atoms with Crippen LogP contribution in [0.4, 0.5) is 4.79 Å². The number of nitrogens with zero attached hydrogens (tertiary/aromatic N) is 2. The molecule has 1 aromatic carbocycles. The molecule has 2 aliphatic heterocycles. The fourth-order valence-electron chi connectivity index (χ4n) is 4.62. The SMILES string of the molecule is CCOC(=O)N1CCC(N2C(=O)C(=O)/C(=C(\O)c3ccc(OCC(C)C)cc3)C2c2cccs2)CC1. The molecule has 1 unspecified atom stereocenters. The highest BCUT2D eigenvalue weighted by Crippen LogP contribution is 2.43. The third-order valence-corrected chi connectivity index (χ3v) is 7.31. The van der Waals surface area contributed by atoms with E-state index in [2.05, 4.69) is 13.8 Å². The smallest absolute Gasteiger partial charge is 0.409 e. The minimum atomic E-state index is -0.696. The summed E-state index contributed by atoms with van der Waals surface area (Å²) >= 11 is 1.44. The quantitative estimate of drug-likeness (QED) is 0.324. The summed E-state index contributed by atoms with van der Waals surface area (Å²) in [6.07, 6.45) is 0.680. The highest BCUT2D eigenvalue weighted by molar-refractivity contribution is 7.10. The van der Waals surface area contributed by atoms with E-state index >= 15 is 0 Å². The molecule has 2 amide bonds. The normalized spacial score (nSPS) is 20.3. The summed E-state index contributed by atoms with van der Waals surface area (Å²) in [7, 11) is 0. The van der Waals surface area contributed by atoms with E-state index in [1.165, 1.54) is 11.3 Å². The standard InChI is InChI=1S/C27H32N2O6S/c1-4-34-27(33)28-13-11-19(12-14-28)29-23(21-6-5-15-36-21)22(25(31)26(29)32)24(30)18-7-9-20(10-8-18)35-16-17(2)3/h5-10,15,17,19,23,30H,4,11-14,16H2,1-3H3/b24-22-. The summed E-state index contributed by atoms with van der Waals surface area (Å²) in [4.78, 5) is 42.7. The summed E-state index contributed by atoms with van der Waals surface area (Å²) in [6, 6.07) is 9.71. The number of Topliss-reactive ketones (excluding diaryl/α,β-unsaturated/α-hetero) is 1. The van der Waals surface area contributed by atoms with Crippen molar-refractivity contribution < 1.29 is 29.0 Å². The predicted octanol–water partition coefficient (Wildman–Crippen LogP) is 4.83.